The van der Waals surface area contributed by atoms with Crippen LogP contribution in [0.5, 0.6) is 0 Å². The molecule has 0 aliphatic rings. The number of hydrogen-bond acceptors (Lipinski definition) is 3. The lowest BCUT2D eigenvalue weighted by Gasteiger charge is -1.99. The zero-order valence-electron chi connectivity index (χ0n) is 15.0. The Hall–Kier alpha value is -3.93. The average molecular weight is 370 g/mol. The molecule has 2 aromatic heterocycles. The average Bonchev–Trinajstić information content (AvgIpc) is 3.21. The minimum Gasteiger partial charge on any atom is -0.348 e. The van der Waals surface area contributed by atoms with Gasteiger partial charge in [-0.1, -0.05) is 54.6 Å². The number of nitrogens with one attached hydrogen (secondary N) is 3. The zero-order chi connectivity index (χ0) is 19.3. The summed E-state index contributed by atoms with van der Waals surface area (Å²) in [5.74, 6) is 0.891. The van der Waals surface area contributed by atoms with Gasteiger partial charge in [0.15, 0.2) is 0 Å². The van der Waals surface area contributed by atoms with Crippen LogP contribution in [0.3, 0.4) is 0 Å². The summed E-state index contributed by atoms with van der Waals surface area (Å²) in [7, 11) is 0. The molecule has 0 spiro atoms. The van der Waals surface area contributed by atoms with Gasteiger partial charge in [-0.3, -0.25) is 9.59 Å². The lowest BCUT2D eigenvalue weighted by Crippen LogP contribution is -2.46. The molecule has 0 aliphatic heterocycles. The van der Waals surface area contributed by atoms with Gasteiger partial charge in [-0.05, 0) is 28.8 Å². The van der Waals surface area contributed by atoms with Crippen molar-refractivity contribution in [1.82, 2.24) is 19.9 Å². The van der Waals surface area contributed by atoms with E-state index in [9.17, 15) is 9.59 Å². The van der Waals surface area contributed by atoms with Crippen LogP contribution in [0.15, 0.2) is 76.6 Å². The van der Waals surface area contributed by atoms with E-state index in [1.807, 2.05) is 54.6 Å². The van der Waals surface area contributed by atoms with Gasteiger partial charge in [0.2, 0.25) is 0 Å². The maximum absolute atomic E-state index is 12.4. The van der Waals surface area contributed by atoms with E-state index < -0.39 is 0 Å². The quantitative estimate of drug-likeness (QED) is 0.501. The second kappa shape index (κ2) is 7.75. The van der Waals surface area contributed by atoms with Crippen LogP contribution in [0.4, 0.5) is 0 Å². The number of benzene rings is 2. The van der Waals surface area contributed by atoms with Crippen molar-refractivity contribution in [2.45, 2.75) is 6.42 Å². The first-order valence-corrected chi connectivity index (χ1v) is 8.86. The van der Waals surface area contributed by atoms with E-state index >= 15 is 0 Å². The molecular weight excluding hydrogens is 352 g/mol. The van der Waals surface area contributed by atoms with Crippen LogP contribution < -0.4 is 21.8 Å². The minimum atomic E-state index is -0.346. The largest absolute Gasteiger partial charge is 0.348 e. The fourth-order valence-corrected chi connectivity index (χ4v) is 2.90. The first-order chi connectivity index (χ1) is 13.7. The lowest BCUT2D eigenvalue weighted by atomic mass is 10.1. The molecule has 6 nitrogen and oxygen atoms in total. The molecule has 4 aromatic rings. The molecule has 0 saturated carbocycles. The smallest absolute Gasteiger partial charge is 0.272 e. The lowest BCUT2D eigenvalue weighted by molar-refractivity contribution is 1.00. The highest BCUT2D eigenvalue weighted by Gasteiger charge is 2.00. The molecule has 2 aromatic carbocycles. The first kappa shape index (κ1) is 17.5. The van der Waals surface area contributed by atoms with Crippen molar-refractivity contribution in [3.8, 4) is 0 Å². The summed E-state index contributed by atoms with van der Waals surface area (Å²) >= 11 is 0. The second-order valence-corrected chi connectivity index (χ2v) is 6.39. The van der Waals surface area contributed by atoms with Gasteiger partial charge in [-0.25, -0.2) is 4.98 Å². The molecule has 138 valence electrons. The Labute approximate surface area is 160 Å². The van der Waals surface area contributed by atoms with Crippen molar-refractivity contribution in [3.63, 3.8) is 0 Å². The third-order valence-corrected chi connectivity index (χ3v) is 4.31. The summed E-state index contributed by atoms with van der Waals surface area (Å²) in [5.41, 5.74) is 2.07. The van der Waals surface area contributed by atoms with Crippen molar-refractivity contribution in [3.05, 3.63) is 121 Å². The fraction of sp³-hybridized carbons (Fsp3) is 0.0455. The number of hydrogen-bond donors (Lipinski definition) is 3. The molecule has 4 rings (SSSR count). The monoisotopic (exact) mass is 370 g/mol. The highest BCUT2D eigenvalue weighted by molar-refractivity contribution is 5.49. The van der Waals surface area contributed by atoms with E-state index in [1.54, 1.807) is 24.5 Å². The van der Waals surface area contributed by atoms with Crippen LogP contribution in [0.2, 0.25) is 0 Å². The van der Waals surface area contributed by atoms with E-state index in [0.29, 0.717) is 6.42 Å². The molecule has 0 amide bonds. The third kappa shape index (κ3) is 4.07. The van der Waals surface area contributed by atoms with E-state index in [-0.39, 0.29) is 21.8 Å². The van der Waals surface area contributed by atoms with E-state index in [0.717, 1.165) is 22.5 Å². The molecule has 0 saturated heterocycles. The van der Waals surface area contributed by atoms with Gasteiger partial charge < -0.3 is 15.0 Å². The van der Waals surface area contributed by atoms with Crippen LogP contribution >= 0.6 is 0 Å². The van der Waals surface area contributed by atoms with E-state index in [2.05, 4.69) is 19.9 Å². The molecule has 0 unspecified atom stereocenters. The standard InChI is InChI=1S/C22H18N4O2/c27-21-18(12-15-4-2-1-3-5-15)25-22(28)19(26-21)13-16-6-8-17(9-7-16)14-20-23-10-11-24-20/h1-13H,14H2,(H,23,24)(H,25,28)(H,26,27). The molecule has 0 atom stereocenters. The molecule has 3 N–H and O–H groups in total. The van der Waals surface area contributed by atoms with Crippen molar-refractivity contribution in [2.24, 2.45) is 0 Å². The van der Waals surface area contributed by atoms with Crippen LogP contribution in [0.1, 0.15) is 22.5 Å². The van der Waals surface area contributed by atoms with Gasteiger partial charge in [0.1, 0.15) is 16.5 Å². The van der Waals surface area contributed by atoms with Crippen LogP contribution in [-0.2, 0) is 6.42 Å². The molecule has 0 bridgehead atoms. The highest BCUT2D eigenvalue weighted by atomic mass is 16.1. The Morgan fingerprint density at radius 3 is 1.96 bits per heavy atom. The van der Waals surface area contributed by atoms with Gasteiger partial charge in [-0.15, -0.1) is 0 Å². The zero-order valence-corrected chi connectivity index (χ0v) is 15.0. The maximum Gasteiger partial charge on any atom is 0.272 e. The number of nitrogens with zero attached hydrogens (tertiary/aromatic N) is 1. The van der Waals surface area contributed by atoms with Gasteiger partial charge in [0.05, 0.1) is 0 Å². The van der Waals surface area contributed by atoms with Gasteiger partial charge in [0, 0.05) is 18.8 Å². The molecule has 0 fully saturated rings. The Morgan fingerprint density at radius 2 is 1.39 bits per heavy atom. The summed E-state index contributed by atoms with van der Waals surface area (Å²) in [6.45, 7) is 0. The molecule has 6 heteroatoms. The Bertz CT molecular complexity index is 1300. The fourth-order valence-electron chi connectivity index (χ4n) is 2.90. The maximum atomic E-state index is 12.4. The molecular formula is C22H18N4O2. The molecule has 0 aliphatic carbocycles. The van der Waals surface area contributed by atoms with Gasteiger partial charge >= 0.3 is 0 Å². The van der Waals surface area contributed by atoms with Crippen LogP contribution in [0, 0.1) is 0 Å². The molecule has 28 heavy (non-hydrogen) atoms. The first-order valence-electron chi connectivity index (χ1n) is 8.86. The molecule has 2 heterocycles. The summed E-state index contributed by atoms with van der Waals surface area (Å²) in [6.07, 6.45) is 7.52. The van der Waals surface area contributed by atoms with Gasteiger partial charge in [-0.2, -0.15) is 0 Å². The predicted molar refractivity (Wildman–Crippen MR) is 108 cm³/mol. The summed E-state index contributed by atoms with van der Waals surface area (Å²) in [6, 6.07) is 17.1. The predicted octanol–water partition coefficient (Wildman–Crippen LogP) is 1.03. The minimum absolute atomic E-state index is 0.217. The highest BCUT2D eigenvalue weighted by Crippen LogP contribution is 2.08. The third-order valence-electron chi connectivity index (χ3n) is 4.31. The number of aromatic amines is 3. The van der Waals surface area contributed by atoms with Crippen LogP contribution in [0.25, 0.3) is 12.2 Å². The number of rotatable bonds is 4. The SMILES string of the molecule is O=c1[nH]c(=Cc2ccc(Cc3ncc[nH]3)cc2)c(=O)[nH]c1=Cc1ccccc1. The van der Waals surface area contributed by atoms with Crippen molar-refractivity contribution < 1.29 is 0 Å². The van der Waals surface area contributed by atoms with E-state index in [4.69, 9.17) is 0 Å². The Morgan fingerprint density at radius 1 is 0.786 bits per heavy atom. The van der Waals surface area contributed by atoms with Crippen molar-refractivity contribution in [1.29, 1.82) is 0 Å². The summed E-state index contributed by atoms with van der Waals surface area (Å²) < 4.78 is 0. The number of imidazole rings is 1. The normalized spacial score (nSPS) is 12.4. The number of aromatic nitrogens is 4. The number of H-pyrrole nitrogens is 3. The Balaban J connectivity index is 1.65. The Kier molecular flexibility index (Phi) is 4.84. The summed E-state index contributed by atoms with van der Waals surface area (Å²) in [4.78, 5) is 37.3. The topological polar surface area (TPSA) is 94.4 Å². The second-order valence-electron chi connectivity index (χ2n) is 6.39. The van der Waals surface area contributed by atoms with Crippen molar-refractivity contribution in [2.75, 3.05) is 0 Å². The summed E-state index contributed by atoms with van der Waals surface area (Å²) in [5, 5.41) is 0.441. The van der Waals surface area contributed by atoms with Gasteiger partial charge in [0.25, 0.3) is 11.1 Å². The van der Waals surface area contributed by atoms with E-state index in [1.165, 1.54) is 0 Å². The molecule has 0 radical (unpaired) electrons. The van der Waals surface area contributed by atoms with Crippen molar-refractivity contribution >= 4 is 12.2 Å². The van der Waals surface area contributed by atoms with Crippen LogP contribution in [-0.4, -0.2) is 19.9 Å².